The fourth-order valence-corrected chi connectivity index (χ4v) is 5.27. The van der Waals surface area contributed by atoms with E-state index >= 15 is 0 Å². The van der Waals surface area contributed by atoms with Crippen molar-refractivity contribution < 1.29 is 4.79 Å². The number of halogens is 1. The summed E-state index contributed by atoms with van der Waals surface area (Å²) in [6.45, 7) is 3.96. The van der Waals surface area contributed by atoms with Gasteiger partial charge in [0.15, 0.2) is 0 Å². The van der Waals surface area contributed by atoms with Crippen molar-refractivity contribution in [2.75, 3.05) is 5.32 Å². The molecule has 5 heteroatoms. The molecule has 0 bridgehead atoms. The van der Waals surface area contributed by atoms with Gasteiger partial charge in [0.05, 0.1) is 11.4 Å². The van der Waals surface area contributed by atoms with Crippen LogP contribution in [0.1, 0.15) is 37.2 Å². The molecule has 1 aliphatic rings. The van der Waals surface area contributed by atoms with E-state index in [-0.39, 0.29) is 11.8 Å². The molecule has 30 heavy (non-hydrogen) atoms. The summed E-state index contributed by atoms with van der Waals surface area (Å²) in [5.41, 5.74) is 3.21. The third-order valence-electron chi connectivity index (χ3n) is 6.23. The van der Waals surface area contributed by atoms with Gasteiger partial charge in [-0.15, -0.1) is 15.8 Å². The summed E-state index contributed by atoms with van der Waals surface area (Å²) >= 11 is 6.02. The molecule has 1 heterocycles. The first-order chi connectivity index (χ1) is 14.6. The van der Waals surface area contributed by atoms with Crippen LogP contribution in [0, 0.1) is 11.8 Å². The molecule has 3 nitrogen and oxygen atoms in total. The lowest BCUT2D eigenvalue weighted by Crippen LogP contribution is -2.31. The largest absolute Gasteiger partial charge is 0.325 e. The van der Waals surface area contributed by atoms with E-state index in [1.807, 2.05) is 24.4 Å². The number of carbonyl (C=O) groups excluding carboxylic acids is 1. The highest BCUT2D eigenvalue weighted by atomic mass is 35.5. The van der Waals surface area contributed by atoms with Crippen LogP contribution in [0.15, 0.2) is 67.4 Å². The van der Waals surface area contributed by atoms with Crippen LogP contribution in [0.25, 0.3) is 10.9 Å². The van der Waals surface area contributed by atoms with E-state index in [4.69, 9.17) is 11.6 Å². The fourth-order valence-electron chi connectivity index (χ4n) is 4.64. The third kappa shape index (κ3) is 4.43. The number of hydrogen-bond acceptors (Lipinski definition) is 2. The Morgan fingerprint density at radius 1 is 1.17 bits per heavy atom. The van der Waals surface area contributed by atoms with Crippen molar-refractivity contribution in [1.82, 2.24) is 4.98 Å². The molecule has 0 radical (unpaired) electrons. The first kappa shape index (κ1) is 21.0. The van der Waals surface area contributed by atoms with Crippen LogP contribution in [0.4, 0.5) is 5.69 Å². The van der Waals surface area contributed by atoms with Crippen LogP contribution < -0.4 is 10.6 Å². The summed E-state index contributed by atoms with van der Waals surface area (Å²) in [6, 6.07) is 16.0. The summed E-state index contributed by atoms with van der Waals surface area (Å²) in [4.78, 5) is 17.5. The average molecular weight is 437 g/mol. The van der Waals surface area contributed by atoms with Gasteiger partial charge in [-0.2, -0.15) is 0 Å². The number of para-hydroxylation sites is 1. The van der Waals surface area contributed by atoms with Gasteiger partial charge in [-0.25, -0.2) is 0 Å². The van der Waals surface area contributed by atoms with Gasteiger partial charge in [0.1, 0.15) is 0 Å². The van der Waals surface area contributed by atoms with E-state index in [0.717, 1.165) is 42.2 Å². The topological polar surface area (TPSA) is 42.0 Å². The van der Waals surface area contributed by atoms with E-state index < -0.39 is 0 Å². The zero-order valence-corrected chi connectivity index (χ0v) is 18.8. The number of fused-ring (bicyclic) bond motifs is 1. The summed E-state index contributed by atoms with van der Waals surface area (Å²) in [7, 11) is 2.63. The Morgan fingerprint density at radius 2 is 1.93 bits per heavy atom. The van der Waals surface area contributed by atoms with Gasteiger partial charge >= 0.3 is 0 Å². The smallest absolute Gasteiger partial charge is 0.231 e. The van der Waals surface area contributed by atoms with Gasteiger partial charge in [0, 0.05) is 22.3 Å². The molecule has 0 aliphatic heterocycles. The number of aromatic nitrogens is 1. The third-order valence-corrected chi connectivity index (χ3v) is 6.94. The average Bonchev–Trinajstić information content (AvgIpc) is 2.76. The zero-order chi connectivity index (χ0) is 21.1. The van der Waals surface area contributed by atoms with Gasteiger partial charge in [0.2, 0.25) is 5.91 Å². The predicted molar refractivity (Wildman–Crippen MR) is 130 cm³/mol. The van der Waals surface area contributed by atoms with Crippen LogP contribution >= 0.6 is 20.8 Å². The first-order valence-electron chi connectivity index (χ1n) is 10.4. The molecule has 154 valence electrons. The second-order valence-corrected chi connectivity index (χ2v) is 9.07. The summed E-state index contributed by atoms with van der Waals surface area (Å²) in [5.74, 6) is 0.638. The molecule has 4 rings (SSSR count). The van der Waals surface area contributed by atoms with Crippen molar-refractivity contribution in [1.29, 1.82) is 0 Å². The van der Waals surface area contributed by atoms with Crippen molar-refractivity contribution >= 4 is 48.6 Å². The second-order valence-electron chi connectivity index (χ2n) is 8.01. The Kier molecular flexibility index (Phi) is 6.51. The van der Waals surface area contributed by atoms with Crippen LogP contribution in [0.3, 0.4) is 0 Å². The van der Waals surface area contributed by atoms with Crippen molar-refractivity contribution in [3.63, 3.8) is 0 Å². The number of rotatable bonds is 5. The van der Waals surface area contributed by atoms with Crippen LogP contribution in [0.5, 0.6) is 0 Å². The van der Waals surface area contributed by atoms with Crippen molar-refractivity contribution in [2.24, 2.45) is 11.8 Å². The van der Waals surface area contributed by atoms with Crippen molar-refractivity contribution in [3.05, 3.63) is 78.0 Å². The minimum atomic E-state index is -0.194. The van der Waals surface area contributed by atoms with Gasteiger partial charge in [-0.05, 0) is 78.7 Å². The van der Waals surface area contributed by atoms with Crippen LogP contribution in [-0.2, 0) is 4.79 Å². The van der Waals surface area contributed by atoms with Gasteiger partial charge in [-0.3, -0.25) is 9.78 Å². The minimum Gasteiger partial charge on any atom is -0.325 e. The van der Waals surface area contributed by atoms with E-state index in [1.165, 1.54) is 10.9 Å². The number of amides is 1. The lowest BCUT2D eigenvalue weighted by molar-refractivity contribution is -0.120. The first-order valence-corrected chi connectivity index (χ1v) is 11.3. The number of anilines is 1. The Labute approximate surface area is 185 Å². The van der Waals surface area contributed by atoms with E-state index in [0.29, 0.717) is 16.9 Å². The molecule has 2 atom stereocenters. The molecular weight excluding hydrogens is 411 g/mol. The number of hydrogen-bond donors (Lipinski definition) is 1. The standard InChI is InChI=1S/C25H26ClN2OP/c1-2-19(25(29)28-23-12-11-18(26)15-24(23)30)16-7-9-17(10-8-16)20-13-14-27-22-6-4-3-5-21(20)22/h2-6,11-17,19H,1,7-10,30H2,(H,28,29). The Hall–Kier alpha value is -2.22. The normalized spacial score (nSPS) is 19.9. The maximum Gasteiger partial charge on any atom is 0.231 e. The van der Waals surface area contributed by atoms with E-state index in [2.05, 4.69) is 50.4 Å². The predicted octanol–water partition coefficient (Wildman–Crippen LogP) is 6.10. The maximum absolute atomic E-state index is 13.0. The summed E-state index contributed by atoms with van der Waals surface area (Å²) in [5, 5.41) is 5.84. The Morgan fingerprint density at radius 3 is 2.67 bits per heavy atom. The SMILES string of the molecule is C=CC(C(=O)Nc1ccc(Cl)cc1P)C1CCC(c2ccnc3ccccc23)CC1. The van der Waals surface area contributed by atoms with E-state index in [1.54, 1.807) is 12.1 Å². The van der Waals surface area contributed by atoms with Gasteiger partial charge in [-0.1, -0.05) is 35.9 Å². The molecular formula is C25H26ClN2OP. The zero-order valence-electron chi connectivity index (χ0n) is 16.9. The Balaban J connectivity index is 1.44. The van der Waals surface area contributed by atoms with Crippen LogP contribution in [0.2, 0.25) is 5.02 Å². The fraction of sp³-hybridized carbons (Fsp3) is 0.280. The second kappa shape index (κ2) is 9.29. The highest BCUT2D eigenvalue weighted by Gasteiger charge is 2.31. The monoisotopic (exact) mass is 436 g/mol. The number of nitrogens with zero attached hydrogens (tertiary/aromatic N) is 1. The lowest BCUT2D eigenvalue weighted by Gasteiger charge is -2.32. The number of carbonyl (C=O) groups is 1. The molecule has 1 aliphatic carbocycles. The molecule has 2 aromatic carbocycles. The molecule has 1 fully saturated rings. The quantitative estimate of drug-likeness (QED) is 0.387. The molecule has 1 saturated carbocycles. The van der Waals surface area contributed by atoms with Crippen molar-refractivity contribution in [3.8, 4) is 0 Å². The summed E-state index contributed by atoms with van der Waals surface area (Å²) in [6.07, 6.45) is 7.90. The molecule has 2 unspecified atom stereocenters. The summed E-state index contributed by atoms with van der Waals surface area (Å²) < 4.78 is 0. The molecule has 0 spiro atoms. The van der Waals surface area contributed by atoms with E-state index in [9.17, 15) is 4.79 Å². The lowest BCUT2D eigenvalue weighted by atomic mass is 9.73. The molecule has 1 amide bonds. The number of benzene rings is 2. The molecule has 1 aromatic heterocycles. The minimum absolute atomic E-state index is 0.00818. The highest BCUT2D eigenvalue weighted by molar-refractivity contribution is 7.28. The number of pyridine rings is 1. The van der Waals surface area contributed by atoms with Crippen molar-refractivity contribution in [2.45, 2.75) is 31.6 Å². The molecule has 1 N–H and O–H groups in total. The molecule has 0 saturated heterocycles. The number of nitrogens with one attached hydrogen (secondary N) is 1. The van der Waals surface area contributed by atoms with Gasteiger partial charge < -0.3 is 5.32 Å². The molecule has 3 aromatic rings. The highest BCUT2D eigenvalue weighted by Crippen LogP contribution is 2.41. The Bertz CT molecular complexity index is 1070. The van der Waals surface area contributed by atoms with Crippen LogP contribution in [-0.4, -0.2) is 10.9 Å². The maximum atomic E-state index is 13.0. The van der Waals surface area contributed by atoms with Gasteiger partial charge in [0.25, 0.3) is 0 Å².